The van der Waals surface area contributed by atoms with Crippen LogP contribution >= 0.6 is 11.6 Å². The average Bonchev–Trinajstić information content (AvgIpc) is 2.79. The third-order valence-electron chi connectivity index (χ3n) is 2.87. The van der Waals surface area contributed by atoms with Gasteiger partial charge in [0.15, 0.2) is 0 Å². The van der Waals surface area contributed by atoms with Crippen LogP contribution in [0.1, 0.15) is 17.5 Å². The fraction of sp³-hybridized carbons (Fsp3) is 0.214. The summed E-state index contributed by atoms with van der Waals surface area (Å²) in [5.74, 6) is 0.272. The van der Waals surface area contributed by atoms with Crippen molar-refractivity contribution in [1.29, 1.82) is 5.26 Å². The molecule has 0 fully saturated rings. The van der Waals surface area contributed by atoms with Crippen molar-refractivity contribution in [1.82, 2.24) is 9.78 Å². The molecule has 1 aromatic carbocycles. The van der Waals surface area contributed by atoms with Gasteiger partial charge in [0.25, 0.3) is 0 Å². The fourth-order valence-electron chi connectivity index (χ4n) is 1.77. The fourth-order valence-corrected chi connectivity index (χ4v) is 1.90. The van der Waals surface area contributed by atoms with Gasteiger partial charge in [0.05, 0.1) is 6.20 Å². The number of nitrogens with zero attached hydrogens (tertiary/aromatic N) is 3. The van der Waals surface area contributed by atoms with Crippen LogP contribution in [0.5, 0.6) is 0 Å². The van der Waals surface area contributed by atoms with E-state index in [9.17, 15) is 4.79 Å². The Bertz CT molecular complexity index is 655. The van der Waals surface area contributed by atoms with E-state index in [0.29, 0.717) is 29.2 Å². The maximum absolute atomic E-state index is 11.9. The molecule has 0 atom stereocenters. The van der Waals surface area contributed by atoms with E-state index >= 15 is 0 Å². The topological polar surface area (TPSA) is 70.7 Å². The molecule has 0 spiro atoms. The summed E-state index contributed by atoms with van der Waals surface area (Å²) in [7, 11) is 1.68. The number of amides is 1. The maximum atomic E-state index is 11.9. The normalized spacial score (nSPS) is 10.1. The first-order valence-electron chi connectivity index (χ1n) is 6.06. The molecule has 1 heterocycles. The van der Waals surface area contributed by atoms with Gasteiger partial charge < -0.3 is 5.32 Å². The number of aryl methyl sites for hydroxylation is 2. The second kappa shape index (κ2) is 6.22. The van der Waals surface area contributed by atoms with Gasteiger partial charge in [-0.25, -0.2) is 0 Å². The SMILES string of the molecule is Cn1ncc(C#N)c1NC(=O)CCc1ccc(Cl)cc1. The molecule has 2 aromatic rings. The molecular weight excluding hydrogens is 276 g/mol. The number of nitrogens with one attached hydrogen (secondary N) is 1. The number of rotatable bonds is 4. The maximum Gasteiger partial charge on any atom is 0.225 e. The highest BCUT2D eigenvalue weighted by Crippen LogP contribution is 2.14. The lowest BCUT2D eigenvalue weighted by Crippen LogP contribution is -2.15. The number of hydrogen-bond acceptors (Lipinski definition) is 3. The minimum absolute atomic E-state index is 0.153. The van der Waals surface area contributed by atoms with Crippen LogP contribution in [0.4, 0.5) is 5.82 Å². The summed E-state index contributed by atoms with van der Waals surface area (Å²) in [5.41, 5.74) is 1.39. The van der Waals surface area contributed by atoms with Gasteiger partial charge >= 0.3 is 0 Å². The van der Waals surface area contributed by atoms with Gasteiger partial charge in [-0.1, -0.05) is 23.7 Å². The van der Waals surface area contributed by atoms with Crippen LogP contribution < -0.4 is 5.32 Å². The van der Waals surface area contributed by atoms with Gasteiger partial charge in [-0.15, -0.1) is 0 Å². The first-order valence-corrected chi connectivity index (χ1v) is 6.44. The number of halogens is 1. The molecule has 6 heteroatoms. The minimum atomic E-state index is -0.153. The molecule has 0 unspecified atom stereocenters. The average molecular weight is 289 g/mol. The molecule has 20 heavy (non-hydrogen) atoms. The van der Waals surface area contributed by atoms with Gasteiger partial charge in [-0.3, -0.25) is 9.48 Å². The third kappa shape index (κ3) is 3.37. The first-order chi connectivity index (χ1) is 9.60. The summed E-state index contributed by atoms with van der Waals surface area (Å²) in [6, 6.07) is 9.36. The highest BCUT2D eigenvalue weighted by Gasteiger charge is 2.11. The van der Waals surface area contributed by atoms with Crippen LogP contribution in [-0.4, -0.2) is 15.7 Å². The van der Waals surface area contributed by atoms with Crippen LogP contribution in [0.15, 0.2) is 30.5 Å². The molecule has 5 nitrogen and oxygen atoms in total. The van der Waals surface area contributed by atoms with Crippen molar-refractivity contribution in [2.45, 2.75) is 12.8 Å². The third-order valence-corrected chi connectivity index (χ3v) is 3.12. The Morgan fingerprint density at radius 1 is 1.45 bits per heavy atom. The molecule has 102 valence electrons. The number of carbonyl (C=O) groups is 1. The summed E-state index contributed by atoms with van der Waals surface area (Å²) < 4.78 is 1.47. The lowest BCUT2D eigenvalue weighted by molar-refractivity contribution is -0.116. The van der Waals surface area contributed by atoms with E-state index in [-0.39, 0.29) is 5.91 Å². The smallest absolute Gasteiger partial charge is 0.225 e. The Morgan fingerprint density at radius 2 is 2.15 bits per heavy atom. The van der Waals surface area contributed by atoms with Crippen molar-refractivity contribution in [3.05, 3.63) is 46.6 Å². The van der Waals surface area contributed by atoms with Gasteiger partial charge in [-0.2, -0.15) is 10.4 Å². The molecule has 2 rings (SSSR count). The predicted molar refractivity (Wildman–Crippen MR) is 76.3 cm³/mol. The molecule has 1 N–H and O–H groups in total. The lowest BCUT2D eigenvalue weighted by Gasteiger charge is -2.06. The van der Waals surface area contributed by atoms with E-state index in [1.807, 2.05) is 18.2 Å². The van der Waals surface area contributed by atoms with Gasteiger partial charge in [0, 0.05) is 18.5 Å². The largest absolute Gasteiger partial charge is 0.310 e. The number of anilines is 1. The van der Waals surface area contributed by atoms with Crippen LogP contribution in [0.2, 0.25) is 5.02 Å². The summed E-state index contributed by atoms with van der Waals surface area (Å²) in [4.78, 5) is 11.9. The highest BCUT2D eigenvalue weighted by molar-refractivity contribution is 6.30. The minimum Gasteiger partial charge on any atom is -0.310 e. The van der Waals surface area contributed by atoms with Crippen LogP contribution in [-0.2, 0) is 18.3 Å². The first kappa shape index (κ1) is 14.1. The molecular formula is C14H13ClN4O. The molecule has 0 aliphatic carbocycles. The van der Waals surface area contributed by atoms with E-state index in [0.717, 1.165) is 5.56 Å². The van der Waals surface area contributed by atoms with E-state index in [4.69, 9.17) is 16.9 Å². The molecule has 1 amide bonds. The Labute approximate surface area is 121 Å². The molecule has 1 aromatic heterocycles. The van der Waals surface area contributed by atoms with Crippen LogP contribution in [0, 0.1) is 11.3 Å². The van der Waals surface area contributed by atoms with Gasteiger partial charge in [-0.05, 0) is 24.1 Å². The number of benzene rings is 1. The number of hydrogen-bond donors (Lipinski definition) is 1. The van der Waals surface area contributed by atoms with E-state index < -0.39 is 0 Å². The standard InChI is InChI=1S/C14H13ClN4O/c1-19-14(11(8-16)9-17-19)18-13(20)7-4-10-2-5-12(15)6-3-10/h2-3,5-6,9H,4,7H2,1H3,(H,18,20). The van der Waals surface area contributed by atoms with E-state index in [1.165, 1.54) is 10.9 Å². The number of aromatic nitrogens is 2. The van der Waals surface area contributed by atoms with Crippen molar-refractivity contribution < 1.29 is 4.79 Å². The van der Waals surface area contributed by atoms with Crippen molar-refractivity contribution in [3.63, 3.8) is 0 Å². The van der Waals surface area contributed by atoms with Crippen molar-refractivity contribution in [3.8, 4) is 6.07 Å². The van der Waals surface area contributed by atoms with Crippen molar-refractivity contribution in [2.75, 3.05) is 5.32 Å². The lowest BCUT2D eigenvalue weighted by atomic mass is 10.1. The summed E-state index contributed by atoms with van der Waals surface area (Å²) in [6.45, 7) is 0. The quantitative estimate of drug-likeness (QED) is 0.940. The molecule has 0 saturated carbocycles. The summed E-state index contributed by atoms with van der Waals surface area (Å²) in [6.07, 6.45) is 2.37. The monoisotopic (exact) mass is 288 g/mol. The predicted octanol–water partition coefficient (Wildman–Crippen LogP) is 2.52. The molecule has 0 aliphatic rings. The van der Waals surface area contributed by atoms with E-state index in [2.05, 4.69) is 10.4 Å². The van der Waals surface area contributed by atoms with Crippen molar-refractivity contribution >= 4 is 23.3 Å². The number of carbonyl (C=O) groups excluding carboxylic acids is 1. The van der Waals surface area contributed by atoms with Crippen molar-refractivity contribution in [2.24, 2.45) is 7.05 Å². The Balaban J connectivity index is 1.94. The molecule has 0 radical (unpaired) electrons. The zero-order chi connectivity index (χ0) is 14.5. The van der Waals surface area contributed by atoms with Crippen LogP contribution in [0.3, 0.4) is 0 Å². The zero-order valence-corrected chi connectivity index (χ0v) is 11.7. The Hall–Kier alpha value is -2.32. The van der Waals surface area contributed by atoms with Gasteiger partial charge in [0.2, 0.25) is 5.91 Å². The Kier molecular flexibility index (Phi) is 4.38. The highest BCUT2D eigenvalue weighted by atomic mass is 35.5. The Morgan fingerprint density at radius 3 is 2.80 bits per heavy atom. The molecule has 0 saturated heterocycles. The van der Waals surface area contributed by atoms with Gasteiger partial charge in [0.1, 0.15) is 17.5 Å². The second-order valence-electron chi connectivity index (χ2n) is 4.32. The van der Waals surface area contributed by atoms with E-state index in [1.54, 1.807) is 19.2 Å². The zero-order valence-electron chi connectivity index (χ0n) is 10.9. The molecule has 0 bridgehead atoms. The van der Waals surface area contributed by atoms with Crippen LogP contribution in [0.25, 0.3) is 0 Å². The molecule has 0 aliphatic heterocycles. The summed E-state index contributed by atoms with van der Waals surface area (Å²) >= 11 is 5.80. The number of nitriles is 1. The second-order valence-corrected chi connectivity index (χ2v) is 4.75. The summed E-state index contributed by atoms with van der Waals surface area (Å²) in [5, 5.41) is 16.2.